The van der Waals surface area contributed by atoms with Crippen molar-refractivity contribution in [3.05, 3.63) is 48.0 Å². The minimum atomic E-state index is -4.51. The molecule has 7 nitrogen and oxygen atoms in total. The molecule has 27 heavy (non-hydrogen) atoms. The maximum atomic E-state index is 12.8. The van der Waals surface area contributed by atoms with Gasteiger partial charge in [0.25, 0.3) is 5.91 Å². The number of hydrogen-bond donors (Lipinski definition) is 1. The van der Waals surface area contributed by atoms with Gasteiger partial charge in [0.1, 0.15) is 16.8 Å². The summed E-state index contributed by atoms with van der Waals surface area (Å²) in [6.07, 6.45) is -4.51. The van der Waals surface area contributed by atoms with Crippen molar-refractivity contribution in [1.82, 2.24) is 15.2 Å². The molecule has 0 radical (unpaired) electrons. The topological polar surface area (TPSA) is 78.3 Å². The Balaban J connectivity index is 1.70. The molecule has 3 rings (SSSR count). The number of hydrogen-bond acceptors (Lipinski definition) is 5. The van der Waals surface area contributed by atoms with Gasteiger partial charge in [-0.2, -0.15) is 13.2 Å². The van der Waals surface area contributed by atoms with Gasteiger partial charge in [0.2, 0.25) is 0 Å². The molecular weight excluding hydrogens is 365 g/mol. The summed E-state index contributed by atoms with van der Waals surface area (Å²) < 4.78 is 43.9. The summed E-state index contributed by atoms with van der Waals surface area (Å²) in [4.78, 5) is 18.1. The number of carbonyl (C=O) groups is 1. The second-order valence-corrected chi connectivity index (χ2v) is 5.41. The molecule has 0 aliphatic rings. The van der Waals surface area contributed by atoms with Gasteiger partial charge in [0.05, 0.1) is 17.9 Å². The molecule has 10 heteroatoms. The molecule has 1 amide bonds. The maximum absolute atomic E-state index is 12.8. The molecule has 0 aliphatic heterocycles. The molecule has 0 unspecified atom stereocenters. The first-order valence-electron chi connectivity index (χ1n) is 7.96. The predicted octanol–water partition coefficient (Wildman–Crippen LogP) is 2.92. The number of nitrogens with zero attached hydrogens (tertiary/aromatic N) is 3. The van der Waals surface area contributed by atoms with Crippen LogP contribution < -0.4 is 14.9 Å². The Labute approximate surface area is 151 Å². The normalized spacial score (nSPS) is 11.4. The molecule has 142 valence electrons. The second kappa shape index (κ2) is 7.52. The van der Waals surface area contributed by atoms with Gasteiger partial charge in [-0.3, -0.25) is 4.79 Å². The molecule has 1 heterocycles. The Morgan fingerprint density at radius 2 is 2.00 bits per heavy atom. The van der Waals surface area contributed by atoms with E-state index >= 15 is 0 Å². The highest BCUT2D eigenvalue weighted by Crippen LogP contribution is 2.30. The van der Waals surface area contributed by atoms with Crippen LogP contribution in [0.15, 0.2) is 42.5 Å². The van der Waals surface area contributed by atoms with Gasteiger partial charge in [0, 0.05) is 0 Å². The van der Waals surface area contributed by atoms with Crippen molar-refractivity contribution >= 4 is 22.6 Å². The van der Waals surface area contributed by atoms with E-state index in [-0.39, 0.29) is 11.0 Å². The van der Waals surface area contributed by atoms with Gasteiger partial charge in [-0.1, -0.05) is 17.0 Å². The van der Waals surface area contributed by atoms with Gasteiger partial charge < -0.3 is 14.9 Å². The van der Waals surface area contributed by atoms with Crippen molar-refractivity contribution < 1.29 is 27.5 Å². The third-order valence-electron chi connectivity index (χ3n) is 3.52. The fourth-order valence-electron chi connectivity index (χ4n) is 2.33. The largest absolute Gasteiger partial charge is 0.492 e. The van der Waals surface area contributed by atoms with Crippen LogP contribution in [-0.2, 0) is 11.0 Å². The van der Waals surface area contributed by atoms with Crippen LogP contribution in [0.4, 0.5) is 18.9 Å². The fourth-order valence-corrected chi connectivity index (χ4v) is 2.33. The zero-order chi connectivity index (χ0) is 19.4. The van der Waals surface area contributed by atoms with E-state index in [1.165, 1.54) is 6.07 Å². The number of benzene rings is 2. The Bertz CT molecular complexity index is 956. The molecule has 0 saturated carbocycles. The van der Waals surface area contributed by atoms with Crippen LogP contribution in [0.5, 0.6) is 5.75 Å². The van der Waals surface area contributed by atoms with Crippen molar-refractivity contribution in [3.8, 4) is 5.75 Å². The minimum absolute atomic E-state index is 0.00680. The Morgan fingerprint density at radius 1 is 1.22 bits per heavy atom. The number of nitrogens with one attached hydrogen (secondary N) is 1. The molecule has 1 N–H and O–H groups in total. The standard InChI is InChI=1S/C17H15F3N4O3/c1-2-26-15-6-4-3-5-13(15)21-16(25)10-27-24-14-9-11(17(18,19)20)7-8-12(14)22-23-24/h3-9H,2,10H2,1H3,(H,21,25). The number of aromatic nitrogens is 3. The van der Waals surface area contributed by atoms with E-state index in [2.05, 4.69) is 15.6 Å². The summed E-state index contributed by atoms with van der Waals surface area (Å²) in [5.41, 5.74) is -0.189. The summed E-state index contributed by atoms with van der Waals surface area (Å²) in [7, 11) is 0. The van der Waals surface area contributed by atoms with Crippen LogP contribution in [0.25, 0.3) is 11.0 Å². The monoisotopic (exact) mass is 380 g/mol. The summed E-state index contributed by atoms with van der Waals surface area (Å²) in [5, 5.41) is 9.94. The van der Waals surface area contributed by atoms with Crippen molar-refractivity contribution in [2.24, 2.45) is 0 Å². The second-order valence-electron chi connectivity index (χ2n) is 5.41. The molecule has 0 saturated heterocycles. The van der Waals surface area contributed by atoms with Gasteiger partial charge >= 0.3 is 6.18 Å². The van der Waals surface area contributed by atoms with Crippen LogP contribution in [0.3, 0.4) is 0 Å². The molecule has 0 atom stereocenters. The maximum Gasteiger partial charge on any atom is 0.416 e. The predicted molar refractivity (Wildman–Crippen MR) is 90.2 cm³/mol. The van der Waals surface area contributed by atoms with E-state index in [0.717, 1.165) is 17.0 Å². The fraction of sp³-hybridized carbons (Fsp3) is 0.235. The summed E-state index contributed by atoms with van der Waals surface area (Å²) in [6, 6.07) is 9.78. The lowest BCUT2D eigenvalue weighted by atomic mass is 10.2. The zero-order valence-corrected chi connectivity index (χ0v) is 14.2. The Kier molecular flexibility index (Phi) is 5.15. The smallest absolute Gasteiger partial charge is 0.416 e. The SMILES string of the molecule is CCOc1ccccc1NC(=O)COn1nnc2ccc(C(F)(F)F)cc21. The molecule has 0 aliphatic carbocycles. The quantitative estimate of drug-likeness (QED) is 0.712. The van der Waals surface area contributed by atoms with E-state index in [1.807, 2.05) is 6.92 Å². The molecule has 0 bridgehead atoms. The molecular formula is C17H15F3N4O3. The molecule has 1 aromatic heterocycles. The van der Waals surface area contributed by atoms with Crippen molar-refractivity contribution in [2.45, 2.75) is 13.1 Å². The molecule has 2 aromatic carbocycles. The highest BCUT2D eigenvalue weighted by atomic mass is 19.4. The lowest BCUT2D eigenvalue weighted by Gasteiger charge is -2.11. The third kappa shape index (κ3) is 4.27. The number of halogens is 3. The van der Waals surface area contributed by atoms with E-state index in [1.54, 1.807) is 24.3 Å². The lowest BCUT2D eigenvalue weighted by Crippen LogP contribution is -2.26. The van der Waals surface area contributed by atoms with Crippen LogP contribution in [0.2, 0.25) is 0 Å². The third-order valence-corrected chi connectivity index (χ3v) is 3.52. The number of amides is 1. The number of anilines is 1. The summed E-state index contributed by atoms with van der Waals surface area (Å²) in [5.74, 6) is -0.0350. The summed E-state index contributed by atoms with van der Waals surface area (Å²) >= 11 is 0. The van der Waals surface area contributed by atoms with E-state index in [4.69, 9.17) is 9.57 Å². The first-order chi connectivity index (χ1) is 12.9. The number of alkyl halides is 3. The van der Waals surface area contributed by atoms with Gasteiger partial charge in [-0.25, -0.2) is 0 Å². The van der Waals surface area contributed by atoms with Crippen molar-refractivity contribution in [1.29, 1.82) is 0 Å². The van der Waals surface area contributed by atoms with Crippen molar-refractivity contribution in [3.63, 3.8) is 0 Å². The Morgan fingerprint density at radius 3 is 2.74 bits per heavy atom. The van der Waals surface area contributed by atoms with Crippen LogP contribution in [0.1, 0.15) is 12.5 Å². The first-order valence-corrected chi connectivity index (χ1v) is 7.96. The van der Waals surface area contributed by atoms with Crippen molar-refractivity contribution in [2.75, 3.05) is 18.5 Å². The highest BCUT2D eigenvalue weighted by Gasteiger charge is 2.31. The Hall–Kier alpha value is -3.30. The molecule has 0 spiro atoms. The van der Waals surface area contributed by atoms with Crippen LogP contribution >= 0.6 is 0 Å². The minimum Gasteiger partial charge on any atom is -0.492 e. The lowest BCUT2D eigenvalue weighted by molar-refractivity contribution is -0.137. The van der Waals surface area contributed by atoms with E-state index in [9.17, 15) is 18.0 Å². The van der Waals surface area contributed by atoms with Crippen LogP contribution in [0, 0.1) is 0 Å². The van der Waals surface area contributed by atoms with Gasteiger partial charge in [-0.15, -0.1) is 5.10 Å². The molecule has 0 fully saturated rings. The van der Waals surface area contributed by atoms with E-state index < -0.39 is 24.3 Å². The number of carbonyl (C=O) groups excluding carboxylic acids is 1. The number of ether oxygens (including phenoxy) is 1. The first kappa shape index (κ1) is 18.5. The van der Waals surface area contributed by atoms with Gasteiger partial charge in [-0.05, 0) is 42.5 Å². The summed E-state index contributed by atoms with van der Waals surface area (Å²) in [6.45, 7) is 1.76. The average Bonchev–Trinajstić information content (AvgIpc) is 3.03. The number of para-hydroxylation sites is 2. The zero-order valence-electron chi connectivity index (χ0n) is 14.2. The van der Waals surface area contributed by atoms with E-state index in [0.29, 0.717) is 18.0 Å². The molecule has 3 aromatic rings. The average molecular weight is 380 g/mol. The van der Waals surface area contributed by atoms with Crippen LogP contribution in [-0.4, -0.2) is 34.3 Å². The number of fused-ring (bicyclic) bond motifs is 1. The van der Waals surface area contributed by atoms with Gasteiger partial charge in [0.15, 0.2) is 6.61 Å². The number of rotatable bonds is 6. The highest BCUT2D eigenvalue weighted by molar-refractivity contribution is 5.93.